The number of rotatable bonds is 8. The van der Waals surface area contributed by atoms with Crippen LogP contribution in [0.1, 0.15) is 32.1 Å². The maximum absolute atomic E-state index is 12.3. The van der Waals surface area contributed by atoms with Gasteiger partial charge in [-0.15, -0.1) is 12.4 Å². The summed E-state index contributed by atoms with van der Waals surface area (Å²) in [5.41, 5.74) is 0.754. The topological polar surface area (TPSA) is 82.7 Å². The first-order chi connectivity index (χ1) is 13.6. The van der Waals surface area contributed by atoms with E-state index in [4.69, 9.17) is 4.74 Å². The summed E-state index contributed by atoms with van der Waals surface area (Å²) in [5.74, 6) is 1.33. The lowest BCUT2D eigenvalue weighted by atomic mass is 9.97. The van der Waals surface area contributed by atoms with E-state index in [0.29, 0.717) is 12.3 Å². The predicted octanol–water partition coefficient (Wildman–Crippen LogP) is 2.03. The van der Waals surface area contributed by atoms with Crippen LogP contribution in [0, 0.1) is 5.92 Å². The molecule has 2 fully saturated rings. The molecule has 0 radical (unpaired) electrons. The Balaban J connectivity index is 0.00000300. The molecule has 29 heavy (non-hydrogen) atoms. The molecule has 3 N–H and O–H groups in total. The lowest BCUT2D eigenvalue weighted by molar-refractivity contribution is -0.123. The van der Waals surface area contributed by atoms with Crippen molar-refractivity contribution in [2.24, 2.45) is 5.92 Å². The molecule has 0 saturated carbocycles. The van der Waals surface area contributed by atoms with Gasteiger partial charge in [0.05, 0.1) is 13.2 Å². The molecule has 3 rings (SSSR count). The normalized spacial score (nSPS) is 21.8. The zero-order chi connectivity index (χ0) is 19.8. The number of hydrogen-bond donors (Lipinski definition) is 3. The molecule has 8 heteroatoms. The van der Waals surface area contributed by atoms with Crippen LogP contribution in [0.3, 0.4) is 0 Å². The molecule has 2 unspecified atom stereocenters. The molecule has 0 aromatic heterocycles. The van der Waals surface area contributed by atoms with E-state index in [1.165, 1.54) is 0 Å². The van der Waals surface area contributed by atoms with E-state index in [0.717, 1.165) is 69.8 Å². The van der Waals surface area contributed by atoms with Crippen molar-refractivity contribution in [2.75, 3.05) is 45.2 Å². The van der Waals surface area contributed by atoms with Gasteiger partial charge < -0.3 is 25.6 Å². The number of piperidine rings is 1. The maximum Gasteiger partial charge on any atom is 0.237 e. The van der Waals surface area contributed by atoms with Crippen molar-refractivity contribution in [3.8, 4) is 5.75 Å². The summed E-state index contributed by atoms with van der Waals surface area (Å²) in [4.78, 5) is 26.7. The van der Waals surface area contributed by atoms with Crippen LogP contribution < -0.4 is 20.7 Å². The van der Waals surface area contributed by atoms with Gasteiger partial charge in [-0.3, -0.25) is 9.59 Å². The Bertz CT molecular complexity index is 667. The quantitative estimate of drug-likeness (QED) is 0.594. The van der Waals surface area contributed by atoms with Gasteiger partial charge in [0.2, 0.25) is 11.8 Å². The fourth-order valence-corrected chi connectivity index (χ4v) is 3.98. The van der Waals surface area contributed by atoms with E-state index < -0.39 is 0 Å². The zero-order valence-corrected chi connectivity index (χ0v) is 17.9. The first-order valence-corrected chi connectivity index (χ1v) is 10.3. The van der Waals surface area contributed by atoms with Gasteiger partial charge in [-0.2, -0.15) is 0 Å². The SMILES string of the molecule is COc1cccc(NC(=O)CCN2CCCC(CNC(=O)C3CCCN3)C2)c1.Cl. The molecular formula is C21H33ClN4O3. The first kappa shape index (κ1) is 23.4. The van der Waals surface area contributed by atoms with E-state index in [1.807, 2.05) is 24.3 Å². The Morgan fingerprint density at radius 1 is 1.28 bits per heavy atom. The first-order valence-electron chi connectivity index (χ1n) is 10.3. The number of ether oxygens (including phenoxy) is 1. The lowest BCUT2D eigenvalue weighted by Gasteiger charge is -2.32. The van der Waals surface area contributed by atoms with E-state index in [1.54, 1.807) is 7.11 Å². The molecule has 1 aromatic rings. The lowest BCUT2D eigenvalue weighted by Crippen LogP contribution is -2.45. The molecular weight excluding hydrogens is 392 g/mol. The second kappa shape index (κ2) is 12.0. The number of nitrogens with zero attached hydrogens (tertiary/aromatic N) is 1. The fraction of sp³-hybridized carbons (Fsp3) is 0.619. The average molecular weight is 425 g/mol. The summed E-state index contributed by atoms with van der Waals surface area (Å²) in [6.07, 6.45) is 4.71. The van der Waals surface area contributed by atoms with E-state index in [2.05, 4.69) is 20.9 Å². The highest BCUT2D eigenvalue weighted by atomic mass is 35.5. The number of halogens is 1. The number of carbonyl (C=O) groups is 2. The van der Waals surface area contributed by atoms with Gasteiger partial charge >= 0.3 is 0 Å². The van der Waals surface area contributed by atoms with Crippen LogP contribution in [-0.4, -0.2) is 62.6 Å². The van der Waals surface area contributed by atoms with Crippen LogP contribution in [0.5, 0.6) is 5.75 Å². The molecule has 1 aromatic carbocycles. The minimum absolute atomic E-state index is 0. The number of benzene rings is 1. The van der Waals surface area contributed by atoms with Gasteiger partial charge in [0, 0.05) is 37.8 Å². The summed E-state index contributed by atoms with van der Waals surface area (Å²) in [6.45, 7) is 4.35. The monoisotopic (exact) mass is 424 g/mol. The second-order valence-electron chi connectivity index (χ2n) is 7.73. The van der Waals surface area contributed by atoms with Crippen molar-refractivity contribution in [3.63, 3.8) is 0 Å². The van der Waals surface area contributed by atoms with Crippen LogP contribution in [-0.2, 0) is 9.59 Å². The van der Waals surface area contributed by atoms with Crippen molar-refractivity contribution < 1.29 is 14.3 Å². The molecule has 162 valence electrons. The second-order valence-corrected chi connectivity index (χ2v) is 7.73. The summed E-state index contributed by atoms with van der Waals surface area (Å²) in [5, 5.41) is 9.27. The molecule has 0 aliphatic carbocycles. The number of carbonyl (C=O) groups excluding carboxylic acids is 2. The Morgan fingerprint density at radius 3 is 2.90 bits per heavy atom. The Kier molecular flexibility index (Phi) is 9.70. The highest BCUT2D eigenvalue weighted by molar-refractivity contribution is 5.91. The smallest absolute Gasteiger partial charge is 0.237 e. The number of hydrogen-bond acceptors (Lipinski definition) is 5. The molecule has 2 heterocycles. The highest BCUT2D eigenvalue weighted by Crippen LogP contribution is 2.18. The van der Waals surface area contributed by atoms with Gasteiger partial charge in [-0.1, -0.05) is 6.07 Å². The van der Waals surface area contributed by atoms with Gasteiger partial charge in [0.25, 0.3) is 0 Å². The molecule has 2 amide bonds. The van der Waals surface area contributed by atoms with Crippen molar-refractivity contribution >= 4 is 29.9 Å². The van der Waals surface area contributed by atoms with Gasteiger partial charge in [0.15, 0.2) is 0 Å². The molecule has 2 aliphatic rings. The van der Waals surface area contributed by atoms with E-state index in [-0.39, 0.29) is 30.3 Å². The van der Waals surface area contributed by atoms with Crippen molar-refractivity contribution in [2.45, 2.75) is 38.1 Å². The van der Waals surface area contributed by atoms with Crippen LogP contribution in [0.4, 0.5) is 5.69 Å². The van der Waals surface area contributed by atoms with Gasteiger partial charge in [0.1, 0.15) is 5.75 Å². The number of likely N-dealkylation sites (tertiary alicyclic amines) is 1. The summed E-state index contributed by atoms with van der Waals surface area (Å²) < 4.78 is 5.18. The Hall–Kier alpha value is -1.83. The third-order valence-corrected chi connectivity index (χ3v) is 5.55. The highest BCUT2D eigenvalue weighted by Gasteiger charge is 2.24. The van der Waals surface area contributed by atoms with Gasteiger partial charge in [-0.25, -0.2) is 0 Å². The van der Waals surface area contributed by atoms with E-state index in [9.17, 15) is 9.59 Å². The summed E-state index contributed by atoms with van der Waals surface area (Å²) >= 11 is 0. The summed E-state index contributed by atoms with van der Waals surface area (Å²) in [7, 11) is 1.61. The number of methoxy groups -OCH3 is 1. The number of nitrogens with one attached hydrogen (secondary N) is 3. The number of amides is 2. The van der Waals surface area contributed by atoms with Crippen molar-refractivity contribution in [1.82, 2.24) is 15.5 Å². The third-order valence-electron chi connectivity index (χ3n) is 5.55. The molecule has 2 atom stereocenters. The molecule has 2 aliphatic heterocycles. The number of anilines is 1. The van der Waals surface area contributed by atoms with Gasteiger partial charge in [-0.05, 0) is 56.8 Å². The molecule has 0 bridgehead atoms. The standard InChI is InChI=1S/C21H32N4O3.ClH/c1-28-18-7-2-6-17(13-18)24-20(26)9-12-25-11-4-5-16(15-25)14-23-21(27)19-8-3-10-22-19;/h2,6-7,13,16,19,22H,3-5,8-12,14-15H2,1H3,(H,23,27)(H,24,26);1H. The molecule has 0 spiro atoms. The predicted molar refractivity (Wildman–Crippen MR) is 117 cm³/mol. The molecule has 2 saturated heterocycles. The Morgan fingerprint density at radius 2 is 2.14 bits per heavy atom. The third kappa shape index (κ3) is 7.49. The fourth-order valence-electron chi connectivity index (χ4n) is 3.98. The van der Waals surface area contributed by atoms with Crippen LogP contribution in [0.2, 0.25) is 0 Å². The average Bonchev–Trinajstić information content (AvgIpc) is 3.26. The van der Waals surface area contributed by atoms with Crippen molar-refractivity contribution in [3.05, 3.63) is 24.3 Å². The zero-order valence-electron chi connectivity index (χ0n) is 17.1. The van der Waals surface area contributed by atoms with Crippen LogP contribution >= 0.6 is 12.4 Å². The minimum atomic E-state index is -0.0139. The van der Waals surface area contributed by atoms with Crippen molar-refractivity contribution in [1.29, 1.82) is 0 Å². The minimum Gasteiger partial charge on any atom is -0.497 e. The summed E-state index contributed by atoms with van der Waals surface area (Å²) in [6, 6.07) is 7.38. The van der Waals surface area contributed by atoms with Crippen LogP contribution in [0.25, 0.3) is 0 Å². The molecule has 7 nitrogen and oxygen atoms in total. The largest absolute Gasteiger partial charge is 0.497 e. The van der Waals surface area contributed by atoms with E-state index >= 15 is 0 Å². The maximum atomic E-state index is 12.3. The Labute approximate surface area is 179 Å². The van der Waals surface area contributed by atoms with Crippen LogP contribution in [0.15, 0.2) is 24.3 Å².